The van der Waals surface area contributed by atoms with Gasteiger partial charge in [-0.15, -0.1) is 0 Å². The fraction of sp³-hybridized carbons (Fsp3) is 0.130. The van der Waals surface area contributed by atoms with Crippen molar-refractivity contribution in [2.45, 2.75) is 13.0 Å². The van der Waals surface area contributed by atoms with E-state index in [0.717, 1.165) is 16.6 Å². The summed E-state index contributed by atoms with van der Waals surface area (Å²) in [7, 11) is -3.98. The molecule has 0 bridgehead atoms. The lowest BCUT2D eigenvalue weighted by molar-refractivity contribution is -0.116. The lowest BCUT2D eigenvalue weighted by Crippen LogP contribution is -2.45. The number of amides is 1. The van der Waals surface area contributed by atoms with Gasteiger partial charge in [-0.1, -0.05) is 54.6 Å². The van der Waals surface area contributed by atoms with Gasteiger partial charge in [0.2, 0.25) is 15.9 Å². The average molecular weight is 440 g/mol. The van der Waals surface area contributed by atoms with E-state index in [1.54, 1.807) is 54.6 Å². The van der Waals surface area contributed by atoms with E-state index in [2.05, 4.69) is 5.32 Å². The van der Waals surface area contributed by atoms with Gasteiger partial charge in [0.15, 0.2) is 5.78 Å². The quantitative estimate of drug-likeness (QED) is 0.566. The Hall–Kier alpha value is -3.52. The number of nitrogens with one attached hydrogen (secondary N) is 1. The van der Waals surface area contributed by atoms with Crippen LogP contribution in [0.2, 0.25) is 0 Å². The molecular formula is C23H21FN2O4S. The molecule has 0 aliphatic carbocycles. The molecule has 0 radical (unpaired) electrons. The molecule has 1 atom stereocenters. The number of hydrogen-bond donors (Lipinski definition) is 1. The maximum Gasteiger partial charge on any atom is 0.248 e. The van der Waals surface area contributed by atoms with Crippen molar-refractivity contribution < 1.29 is 22.4 Å². The summed E-state index contributed by atoms with van der Waals surface area (Å²) in [5, 5.41) is 2.61. The molecule has 1 unspecified atom stereocenters. The summed E-state index contributed by atoms with van der Waals surface area (Å²) in [6.07, 6.45) is 0.899. The number of benzene rings is 3. The van der Waals surface area contributed by atoms with Crippen LogP contribution in [-0.2, 0) is 14.8 Å². The average Bonchev–Trinajstić information content (AvgIpc) is 2.75. The van der Waals surface area contributed by atoms with E-state index in [9.17, 15) is 22.4 Å². The smallest absolute Gasteiger partial charge is 0.248 e. The van der Waals surface area contributed by atoms with Gasteiger partial charge in [-0.05, 0) is 31.2 Å². The van der Waals surface area contributed by atoms with Gasteiger partial charge >= 0.3 is 0 Å². The molecule has 31 heavy (non-hydrogen) atoms. The van der Waals surface area contributed by atoms with Gasteiger partial charge in [-0.2, -0.15) is 0 Å². The number of halogens is 1. The van der Waals surface area contributed by atoms with Gasteiger partial charge in [0.1, 0.15) is 11.9 Å². The fourth-order valence-electron chi connectivity index (χ4n) is 3.18. The highest BCUT2D eigenvalue weighted by molar-refractivity contribution is 7.92. The number of nitrogens with zero attached hydrogens (tertiary/aromatic N) is 1. The molecule has 1 N–H and O–H groups in total. The Kier molecular flexibility index (Phi) is 6.50. The topological polar surface area (TPSA) is 83.6 Å². The molecule has 0 aliphatic rings. The number of carbonyl (C=O) groups excluding carboxylic acids is 2. The zero-order valence-electron chi connectivity index (χ0n) is 16.9. The Balaban J connectivity index is 1.92. The van der Waals surface area contributed by atoms with Crippen LogP contribution in [0.15, 0.2) is 78.9 Å². The lowest BCUT2D eigenvalue weighted by Gasteiger charge is -2.28. The Labute approximate surface area is 180 Å². The molecule has 3 aromatic carbocycles. The van der Waals surface area contributed by atoms with Crippen molar-refractivity contribution in [1.82, 2.24) is 0 Å². The molecule has 8 heteroatoms. The number of sulfonamides is 1. The van der Waals surface area contributed by atoms with Crippen LogP contribution in [0.1, 0.15) is 22.8 Å². The van der Waals surface area contributed by atoms with E-state index >= 15 is 0 Å². The molecule has 6 nitrogen and oxygen atoms in total. The van der Waals surface area contributed by atoms with E-state index < -0.39 is 27.8 Å². The predicted octanol–water partition coefficient (Wildman–Crippen LogP) is 3.85. The fourth-order valence-corrected chi connectivity index (χ4v) is 4.36. The number of anilines is 2. The van der Waals surface area contributed by atoms with E-state index in [1.165, 1.54) is 25.1 Å². The van der Waals surface area contributed by atoms with Gasteiger partial charge in [0.05, 0.1) is 17.6 Å². The Morgan fingerprint density at radius 1 is 0.903 bits per heavy atom. The van der Waals surface area contributed by atoms with Gasteiger partial charge in [0.25, 0.3) is 0 Å². The van der Waals surface area contributed by atoms with Gasteiger partial charge < -0.3 is 5.32 Å². The first-order chi connectivity index (χ1) is 14.7. The van der Waals surface area contributed by atoms with Crippen LogP contribution in [0.4, 0.5) is 15.8 Å². The third kappa shape index (κ3) is 4.97. The van der Waals surface area contributed by atoms with E-state index in [1.807, 2.05) is 0 Å². The highest BCUT2D eigenvalue weighted by Crippen LogP contribution is 2.25. The van der Waals surface area contributed by atoms with Crippen LogP contribution >= 0.6 is 0 Å². The first-order valence-corrected chi connectivity index (χ1v) is 11.3. The SMILES string of the molecule is CC(C(=O)Nc1ccccc1C(=O)c1ccccc1)N(c1ccccc1F)S(C)(=O)=O. The minimum absolute atomic E-state index is 0.232. The highest BCUT2D eigenvalue weighted by Gasteiger charge is 2.31. The molecule has 0 aliphatic heterocycles. The molecule has 0 spiro atoms. The van der Waals surface area contributed by atoms with Crippen LogP contribution in [0.3, 0.4) is 0 Å². The number of carbonyl (C=O) groups is 2. The van der Waals surface area contributed by atoms with Crippen LogP contribution < -0.4 is 9.62 Å². The van der Waals surface area contributed by atoms with Crippen molar-refractivity contribution in [1.29, 1.82) is 0 Å². The minimum atomic E-state index is -3.98. The number of ketones is 1. The zero-order chi connectivity index (χ0) is 22.6. The number of para-hydroxylation sites is 2. The molecule has 1 amide bonds. The Morgan fingerprint density at radius 2 is 1.48 bits per heavy atom. The van der Waals surface area contributed by atoms with Gasteiger partial charge in [-0.3, -0.25) is 13.9 Å². The van der Waals surface area contributed by atoms with Crippen molar-refractivity contribution >= 4 is 33.1 Å². The molecule has 3 rings (SSSR count). The molecule has 160 valence electrons. The number of hydrogen-bond acceptors (Lipinski definition) is 4. The molecule has 0 heterocycles. The van der Waals surface area contributed by atoms with Crippen LogP contribution in [0.5, 0.6) is 0 Å². The first-order valence-electron chi connectivity index (χ1n) is 9.43. The van der Waals surface area contributed by atoms with E-state index in [0.29, 0.717) is 5.56 Å². The lowest BCUT2D eigenvalue weighted by atomic mass is 10.0. The third-order valence-electron chi connectivity index (χ3n) is 4.64. The Bertz CT molecular complexity index is 1210. The second kappa shape index (κ2) is 9.09. The van der Waals surface area contributed by atoms with E-state index in [-0.39, 0.29) is 22.7 Å². The van der Waals surface area contributed by atoms with Crippen molar-refractivity contribution in [3.05, 3.63) is 95.8 Å². The van der Waals surface area contributed by atoms with Gasteiger partial charge in [-0.25, -0.2) is 12.8 Å². The third-order valence-corrected chi connectivity index (χ3v) is 5.87. The van der Waals surface area contributed by atoms with Crippen LogP contribution in [0, 0.1) is 5.82 Å². The first kappa shape index (κ1) is 22.2. The molecular weight excluding hydrogens is 419 g/mol. The zero-order valence-corrected chi connectivity index (χ0v) is 17.8. The second-order valence-electron chi connectivity index (χ2n) is 6.92. The standard InChI is InChI=1S/C23H21FN2O4S/c1-16(26(31(2,29)30)21-15-9-7-13-19(21)24)23(28)25-20-14-8-6-12-18(20)22(27)17-10-4-3-5-11-17/h3-16H,1-2H3,(H,25,28). The monoisotopic (exact) mass is 440 g/mol. The molecule has 0 fully saturated rings. The summed E-state index contributed by atoms with van der Waals surface area (Å²) in [6, 6.07) is 19.0. The Morgan fingerprint density at radius 3 is 2.13 bits per heavy atom. The largest absolute Gasteiger partial charge is 0.324 e. The van der Waals surface area contributed by atoms with Crippen molar-refractivity contribution in [2.24, 2.45) is 0 Å². The maximum absolute atomic E-state index is 14.3. The molecule has 0 saturated heterocycles. The van der Waals surface area contributed by atoms with Crippen molar-refractivity contribution in [3.63, 3.8) is 0 Å². The molecule has 0 saturated carbocycles. The van der Waals surface area contributed by atoms with E-state index in [4.69, 9.17) is 0 Å². The van der Waals surface area contributed by atoms with Crippen LogP contribution in [0.25, 0.3) is 0 Å². The van der Waals surface area contributed by atoms with Gasteiger partial charge in [0, 0.05) is 11.1 Å². The second-order valence-corrected chi connectivity index (χ2v) is 8.78. The van der Waals surface area contributed by atoms with Crippen LogP contribution in [-0.4, -0.2) is 32.4 Å². The highest BCUT2D eigenvalue weighted by atomic mass is 32.2. The number of rotatable bonds is 7. The summed E-state index contributed by atoms with van der Waals surface area (Å²) in [6.45, 7) is 1.35. The summed E-state index contributed by atoms with van der Waals surface area (Å²) >= 11 is 0. The van der Waals surface area contributed by atoms with Crippen molar-refractivity contribution in [2.75, 3.05) is 15.9 Å². The normalized spacial score (nSPS) is 12.1. The predicted molar refractivity (Wildman–Crippen MR) is 118 cm³/mol. The summed E-state index contributed by atoms with van der Waals surface area (Å²) < 4.78 is 39.8. The summed E-state index contributed by atoms with van der Waals surface area (Å²) in [5.41, 5.74) is 0.698. The summed E-state index contributed by atoms with van der Waals surface area (Å²) in [5.74, 6) is -1.77. The summed E-state index contributed by atoms with van der Waals surface area (Å²) in [4.78, 5) is 25.8. The van der Waals surface area contributed by atoms with Crippen molar-refractivity contribution in [3.8, 4) is 0 Å². The minimum Gasteiger partial charge on any atom is -0.324 e. The molecule has 3 aromatic rings. The molecule has 0 aromatic heterocycles. The maximum atomic E-state index is 14.3.